The highest BCUT2D eigenvalue weighted by molar-refractivity contribution is 7.80. The second kappa shape index (κ2) is 7.51. The first-order valence-corrected chi connectivity index (χ1v) is 8.82. The molecule has 3 rings (SSSR count). The number of para-hydroxylation sites is 2. The summed E-state index contributed by atoms with van der Waals surface area (Å²) in [6.45, 7) is 0. The summed E-state index contributed by atoms with van der Waals surface area (Å²) in [5.41, 5.74) is 1.71. The maximum Gasteiger partial charge on any atom is 0.225 e. The van der Waals surface area contributed by atoms with Crippen LogP contribution in [0.25, 0.3) is 10.2 Å². The van der Waals surface area contributed by atoms with Crippen LogP contribution in [0.1, 0.15) is 17.3 Å². The van der Waals surface area contributed by atoms with Crippen LogP contribution in [-0.4, -0.2) is 22.9 Å². The molecule has 0 aliphatic rings. The summed E-state index contributed by atoms with van der Waals surface area (Å²) >= 11 is 7.00. The molecule has 1 amide bonds. The number of rotatable bonds is 5. The van der Waals surface area contributed by atoms with E-state index in [1.54, 1.807) is 18.4 Å². The minimum atomic E-state index is -0.230. The number of nitrogens with one attached hydrogen (secondary N) is 2. The SMILES string of the molecule is CNC(=S)C(CC(=O)Nc1ccccc1)c1nc2ccccc2s1. The van der Waals surface area contributed by atoms with Crippen molar-refractivity contribution in [3.05, 3.63) is 59.6 Å². The summed E-state index contributed by atoms with van der Waals surface area (Å²) in [5, 5.41) is 6.76. The zero-order valence-corrected chi connectivity index (χ0v) is 14.8. The summed E-state index contributed by atoms with van der Waals surface area (Å²) in [6, 6.07) is 17.4. The van der Waals surface area contributed by atoms with Crippen molar-refractivity contribution in [2.45, 2.75) is 12.3 Å². The van der Waals surface area contributed by atoms with Gasteiger partial charge in [-0.25, -0.2) is 4.98 Å². The van der Waals surface area contributed by atoms with E-state index in [-0.39, 0.29) is 18.2 Å². The predicted molar refractivity (Wildman–Crippen MR) is 104 cm³/mol. The molecule has 1 aromatic heterocycles. The van der Waals surface area contributed by atoms with Gasteiger partial charge >= 0.3 is 0 Å². The number of likely N-dealkylation sites (N-methyl/N-ethyl adjacent to an activating group) is 1. The quantitative estimate of drug-likeness (QED) is 0.680. The molecule has 3 aromatic rings. The van der Waals surface area contributed by atoms with Crippen molar-refractivity contribution in [3.63, 3.8) is 0 Å². The Morgan fingerprint density at radius 3 is 2.58 bits per heavy atom. The number of nitrogens with zero attached hydrogens (tertiary/aromatic N) is 1. The monoisotopic (exact) mass is 355 g/mol. The van der Waals surface area contributed by atoms with E-state index in [2.05, 4.69) is 15.6 Å². The molecule has 0 aliphatic heterocycles. The zero-order valence-electron chi connectivity index (χ0n) is 13.2. The van der Waals surface area contributed by atoms with Gasteiger partial charge in [0.1, 0.15) is 5.01 Å². The van der Waals surface area contributed by atoms with E-state index in [0.717, 1.165) is 20.9 Å². The van der Waals surface area contributed by atoms with Gasteiger partial charge in [0.05, 0.1) is 21.1 Å². The molecular weight excluding hydrogens is 338 g/mol. The van der Waals surface area contributed by atoms with Crippen molar-refractivity contribution in [3.8, 4) is 0 Å². The van der Waals surface area contributed by atoms with E-state index in [9.17, 15) is 4.79 Å². The van der Waals surface area contributed by atoms with Gasteiger partial charge in [0.2, 0.25) is 5.91 Å². The van der Waals surface area contributed by atoms with Gasteiger partial charge in [0.25, 0.3) is 0 Å². The van der Waals surface area contributed by atoms with Gasteiger partial charge < -0.3 is 10.6 Å². The largest absolute Gasteiger partial charge is 0.382 e. The Labute approximate surface area is 149 Å². The van der Waals surface area contributed by atoms with E-state index >= 15 is 0 Å². The number of anilines is 1. The molecule has 0 saturated carbocycles. The summed E-state index contributed by atoms with van der Waals surface area (Å²) in [4.78, 5) is 17.7. The van der Waals surface area contributed by atoms with E-state index < -0.39 is 0 Å². The molecule has 2 N–H and O–H groups in total. The van der Waals surface area contributed by atoms with Crippen molar-refractivity contribution in [1.29, 1.82) is 0 Å². The molecule has 24 heavy (non-hydrogen) atoms. The Morgan fingerprint density at radius 1 is 1.17 bits per heavy atom. The molecule has 0 radical (unpaired) electrons. The Balaban J connectivity index is 1.81. The van der Waals surface area contributed by atoms with Gasteiger partial charge in [-0.1, -0.05) is 42.5 Å². The first kappa shape index (κ1) is 16.5. The Hall–Kier alpha value is -2.31. The fourth-order valence-corrected chi connectivity index (χ4v) is 3.77. The van der Waals surface area contributed by atoms with Crippen molar-refractivity contribution in [1.82, 2.24) is 10.3 Å². The number of hydrogen-bond acceptors (Lipinski definition) is 4. The van der Waals surface area contributed by atoms with E-state index in [4.69, 9.17) is 12.2 Å². The molecule has 1 heterocycles. The van der Waals surface area contributed by atoms with Gasteiger partial charge in [0, 0.05) is 19.2 Å². The number of hydrogen-bond donors (Lipinski definition) is 2. The normalized spacial score (nSPS) is 11.9. The predicted octanol–water partition coefficient (Wildman–Crippen LogP) is 3.96. The fraction of sp³-hybridized carbons (Fsp3) is 0.167. The maximum atomic E-state index is 12.4. The van der Waals surface area contributed by atoms with Crippen molar-refractivity contribution >= 4 is 50.4 Å². The van der Waals surface area contributed by atoms with Gasteiger partial charge in [-0.3, -0.25) is 4.79 Å². The molecule has 0 bridgehead atoms. The number of carbonyl (C=O) groups is 1. The Bertz CT molecular complexity index is 828. The summed E-state index contributed by atoms with van der Waals surface area (Å²) < 4.78 is 1.10. The highest BCUT2D eigenvalue weighted by Gasteiger charge is 2.23. The first-order valence-electron chi connectivity index (χ1n) is 7.59. The molecular formula is C18H17N3OS2. The minimum absolute atomic E-state index is 0.0805. The molecule has 6 heteroatoms. The van der Waals surface area contributed by atoms with Gasteiger partial charge in [-0.05, 0) is 24.3 Å². The van der Waals surface area contributed by atoms with Crippen LogP contribution in [0.15, 0.2) is 54.6 Å². The van der Waals surface area contributed by atoms with Crippen LogP contribution in [0.3, 0.4) is 0 Å². The van der Waals surface area contributed by atoms with E-state index in [0.29, 0.717) is 4.99 Å². The number of thiazole rings is 1. The molecule has 0 aliphatic carbocycles. The number of benzene rings is 2. The van der Waals surface area contributed by atoms with Gasteiger partial charge in [-0.15, -0.1) is 11.3 Å². The lowest BCUT2D eigenvalue weighted by molar-refractivity contribution is -0.116. The van der Waals surface area contributed by atoms with Gasteiger partial charge in [0.15, 0.2) is 0 Å². The first-order chi connectivity index (χ1) is 11.7. The summed E-state index contributed by atoms with van der Waals surface area (Å²) in [6.07, 6.45) is 0.258. The van der Waals surface area contributed by atoms with Crippen molar-refractivity contribution in [2.75, 3.05) is 12.4 Å². The average molecular weight is 355 g/mol. The lowest BCUT2D eigenvalue weighted by Crippen LogP contribution is -2.27. The van der Waals surface area contributed by atoms with E-state index in [1.807, 2.05) is 54.6 Å². The molecule has 2 aromatic carbocycles. The Morgan fingerprint density at radius 2 is 1.88 bits per heavy atom. The van der Waals surface area contributed by atoms with E-state index in [1.165, 1.54) is 0 Å². The third-order valence-corrected chi connectivity index (χ3v) is 5.26. The summed E-state index contributed by atoms with van der Waals surface area (Å²) in [5.74, 6) is -0.311. The topological polar surface area (TPSA) is 54.0 Å². The van der Waals surface area contributed by atoms with Crippen LogP contribution in [0.2, 0.25) is 0 Å². The second-order valence-electron chi connectivity index (χ2n) is 5.30. The minimum Gasteiger partial charge on any atom is -0.382 e. The number of carbonyl (C=O) groups excluding carboxylic acids is 1. The standard InChI is InChI=1S/C18H17N3OS2/c1-19-17(23)13(11-16(22)20-12-7-3-2-4-8-12)18-21-14-9-5-6-10-15(14)24-18/h2-10,13H,11H2,1H3,(H,19,23)(H,20,22). The number of fused-ring (bicyclic) bond motifs is 1. The number of amides is 1. The molecule has 0 spiro atoms. The average Bonchev–Trinajstić information content (AvgIpc) is 3.03. The smallest absolute Gasteiger partial charge is 0.225 e. The van der Waals surface area contributed by atoms with Crippen molar-refractivity contribution in [2.24, 2.45) is 0 Å². The molecule has 1 atom stereocenters. The van der Waals surface area contributed by atoms with Crippen LogP contribution in [-0.2, 0) is 4.79 Å². The molecule has 0 fully saturated rings. The third-order valence-electron chi connectivity index (χ3n) is 3.62. The molecule has 122 valence electrons. The highest BCUT2D eigenvalue weighted by Crippen LogP contribution is 2.30. The third kappa shape index (κ3) is 3.77. The summed E-state index contributed by atoms with van der Waals surface area (Å²) in [7, 11) is 1.78. The lowest BCUT2D eigenvalue weighted by atomic mass is 10.1. The van der Waals surface area contributed by atoms with Crippen LogP contribution in [0.4, 0.5) is 5.69 Å². The van der Waals surface area contributed by atoms with Crippen LogP contribution in [0.5, 0.6) is 0 Å². The lowest BCUT2D eigenvalue weighted by Gasteiger charge is -2.15. The van der Waals surface area contributed by atoms with Crippen LogP contribution in [0, 0.1) is 0 Å². The molecule has 1 unspecified atom stereocenters. The number of thiocarbonyl (C=S) groups is 1. The van der Waals surface area contributed by atoms with Crippen LogP contribution < -0.4 is 10.6 Å². The van der Waals surface area contributed by atoms with Crippen molar-refractivity contribution < 1.29 is 4.79 Å². The zero-order chi connectivity index (χ0) is 16.9. The second-order valence-corrected chi connectivity index (χ2v) is 6.81. The molecule has 4 nitrogen and oxygen atoms in total. The molecule has 0 saturated heterocycles. The maximum absolute atomic E-state index is 12.4. The highest BCUT2D eigenvalue weighted by atomic mass is 32.1. The number of aromatic nitrogens is 1. The van der Waals surface area contributed by atoms with Crippen LogP contribution >= 0.6 is 23.6 Å². The fourth-order valence-electron chi connectivity index (χ4n) is 2.42. The van der Waals surface area contributed by atoms with Gasteiger partial charge in [-0.2, -0.15) is 0 Å². The Kier molecular flexibility index (Phi) is 5.17.